The summed E-state index contributed by atoms with van der Waals surface area (Å²) in [5.74, 6) is -7.34. The van der Waals surface area contributed by atoms with E-state index in [1.165, 1.54) is 0 Å². The van der Waals surface area contributed by atoms with E-state index in [-0.39, 0.29) is 0 Å². The predicted molar refractivity (Wildman–Crippen MR) is 25.1 cm³/mol. The fourth-order valence-electron chi connectivity index (χ4n) is 0.651. The van der Waals surface area contributed by atoms with Gasteiger partial charge < -0.3 is 0 Å². The molecule has 0 aromatic rings. The Labute approximate surface area is 66.8 Å². The molecule has 0 aliphatic carbocycles. The first-order valence-electron chi connectivity index (χ1n) is 2.81. The van der Waals surface area contributed by atoms with Crippen LogP contribution in [0, 0.1) is 0 Å². The summed E-state index contributed by atoms with van der Waals surface area (Å²) in [6.45, 7) is 0. The van der Waals surface area contributed by atoms with Crippen molar-refractivity contribution in [3.05, 3.63) is 11.9 Å². The maximum atomic E-state index is 12.4. The lowest BCUT2D eigenvalue weighted by Crippen LogP contribution is -2.42. The molecule has 13 heavy (non-hydrogen) atoms. The second-order valence-corrected chi connectivity index (χ2v) is 2.25. The van der Waals surface area contributed by atoms with E-state index in [9.17, 15) is 30.7 Å². The lowest BCUT2D eigenvalue weighted by Gasteiger charge is -2.21. The van der Waals surface area contributed by atoms with Crippen LogP contribution in [-0.2, 0) is 4.74 Å². The van der Waals surface area contributed by atoms with Gasteiger partial charge in [0.2, 0.25) is 5.83 Å². The second kappa shape index (κ2) is 2.37. The molecule has 0 saturated carbocycles. The fourth-order valence-corrected chi connectivity index (χ4v) is 0.651. The molecule has 1 unspecified atom stereocenters. The van der Waals surface area contributed by atoms with Gasteiger partial charge in [-0.15, -0.1) is 0 Å². The van der Waals surface area contributed by atoms with Crippen molar-refractivity contribution in [3.63, 3.8) is 0 Å². The SMILES string of the molecule is FC1=CC(F)(C(F)(F)F)OC1(F)F. The van der Waals surface area contributed by atoms with Gasteiger partial charge in [0.25, 0.3) is 0 Å². The number of ether oxygens (including phenoxy) is 1. The van der Waals surface area contributed by atoms with Crippen LogP contribution in [0.2, 0.25) is 0 Å². The van der Waals surface area contributed by atoms with Crippen molar-refractivity contribution in [2.45, 2.75) is 18.1 Å². The Morgan fingerprint density at radius 2 is 1.62 bits per heavy atom. The molecule has 0 saturated heterocycles. The van der Waals surface area contributed by atoms with Crippen LogP contribution in [0.4, 0.5) is 30.7 Å². The monoisotopic (exact) mass is 210 g/mol. The molecular weight excluding hydrogens is 209 g/mol. The number of hydrogen-bond acceptors (Lipinski definition) is 1. The molecule has 1 atom stereocenters. The van der Waals surface area contributed by atoms with E-state index < -0.39 is 30.0 Å². The zero-order valence-electron chi connectivity index (χ0n) is 5.63. The molecule has 0 N–H and O–H groups in total. The van der Waals surface area contributed by atoms with Crippen LogP contribution < -0.4 is 0 Å². The number of rotatable bonds is 0. The van der Waals surface area contributed by atoms with E-state index in [1.807, 2.05) is 0 Å². The third-order valence-corrected chi connectivity index (χ3v) is 1.25. The summed E-state index contributed by atoms with van der Waals surface area (Å²) in [5.41, 5.74) is 0. The van der Waals surface area contributed by atoms with Crippen LogP contribution in [0.25, 0.3) is 0 Å². The largest absolute Gasteiger partial charge is 0.452 e. The molecule has 1 aliphatic rings. The number of halogens is 7. The molecule has 0 bridgehead atoms. The smallest absolute Gasteiger partial charge is 0.265 e. The minimum atomic E-state index is -5.73. The fraction of sp³-hybridized carbons (Fsp3) is 0.600. The maximum Gasteiger partial charge on any atom is 0.452 e. The lowest BCUT2D eigenvalue weighted by molar-refractivity contribution is -0.369. The first kappa shape index (κ1) is 10.3. The van der Waals surface area contributed by atoms with Crippen molar-refractivity contribution in [1.82, 2.24) is 0 Å². The van der Waals surface area contributed by atoms with Gasteiger partial charge in [0.1, 0.15) is 0 Å². The zero-order chi connectivity index (χ0) is 10.5. The molecule has 1 rings (SSSR count). The molecule has 0 aromatic heterocycles. The molecule has 0 radical (unpaired) electrons. The second-order valence-electron chi connectivity index (χ2n) is 2.25. The molecule has 0 aromatic carbocycles. The predicted octanol–water partition coefficient (Wildman–Crippen LogP) is 2.69. The van der Waals surface area contributed by atoms with Gasteiger partial charge in [-0.05, 0) is 0 Å². The van der Waals surface area contributed by atoms with E-state index in [4.69, 9.17) is 0 Å². The van der Waals surface area contributed by atoms with E-state index in [0.29, 0.717) is 0 Å². The number of alkyl halides is 6. The first-order valence-corrected chi connectivity index (χ1v) is 2.81. The molecule has 0 amide bonds. The molecular formula is C5HF7O. The van der Waals surface area contributed by atoms with Crippen molar-refractivity contribution in [2.75, 3.05) is 0 Å². The van der Waals surface area contributed by atoms with Gasteiger partial charge in [0, 0.05) is 6.08 Å². The Bertz CT molecular complexity index is 254. The highest BCUT2D eigenvalue weighted by molar-refractivity contribution is 5.16. The summed E-state index contributed by atoms with van der Waals surface area (Å²) in [6.07, 6.45) is -11.5. The Kier molecular flexibility index (Phi) is 1.88. The van der Waals surface area contributed by atoms with E-state index in [0.717, 1.165) is 0 Å². The molecule has 1 aliphatic heterocycles. The summed E-state index contributed by atoms with van der Waals surface area (Å²) in [6, 6.07) is 0. The minimum Gasteiger partial charge on any atom is -0.265 e. The lowest BCUT2D eigenvalue weighted by atomic mass is 10.3. The van der Waals surface area contributed by atoms with Crippen LogP contribution in [0.3, 0.4) is 0 Å². The van der Waals surface area contributed by atoms with Crippen LogP contribution in [0.5, 0.6) is 0 Å². The van der Waals surface area contributed by atoms with Gasteiger partial charge in [0.05, 0.1) is 0 Å². The Hall–Kier alpha value is -0.790. The van der Waals surface area contributed by atoms with Crippen molar-refractivity contribution in [2.24, 2.45) is 0 Å². The Balaban J connectivity index is 3.03. The van der Waals surface area contributed by atoms with Gasteiger partial charge in [0.15, 0.2) is 0 Å². The third-order valence-electron chi connectivity index (χ3n) is 1.25. The first-order chi connectivity index (χ1) is 5.58. The summed E-state index contributed by atoms with van der Waals surface area (Å²) >= 11 is 0. The average Bonchev–Trinajstić information content (AvgIpc) is 2.01. The minimum absolute atomic E-state index is 0.937. The molecule has 8 heteroatoms. The van der Waals surface area contributed by atoms with Crippen molar-refractivity contribution >= 4 is 0 Å². The van der Waals surface area contributed by atoms with E-state index >= 15 is 0 Å². The van der Waals surface area contributed by atoms with Crippen molar-refractivity contribution in [1.29, 1.82) is 0 Å². The summed E-state index contributed by atoms with van der Waals surface area (Å²) < 4.78 is 85.8. The van der Waals surface area contributed by atoms with Crippen molar-refractivity contribution < 1.29 is 35.5 Å². The summed E-state index contributed by atoms with van der Waals surface area (Å²) in [7, 11) is 0. The third kappa shape index (κ3) is 1.50. The Morgan fingerprint density at radius 1 is 1.15 bits per heavy atom. The molecule has 0 fully saturated rings. The topological polar surface area (TPSA) is 9.23 Å². The zero-order valence-corrected chi connectivity index (χ0v) is 5.63. The van der Waals surface area contributed by atoms with Crippen LogP contribution in [-0.4, -0.2) is 18.1 Å². The average molecular weight is 210 g/mol. The molecule has 0 spiro atoms. The van der Waals surface area contributed by atoms with Gasteiger partial charge in [-0.1, -0.05) is 0 Å². The molecule has 76 valence electrons. The molecule has 1 heterocycles. The Morgan fingerprint density at radius 3 is 1.77 bits per heavy atom. The normalized spacial score (nSPS) is 33.3. The van der Waals surface area contributed by atoms with Gasteiger partial charge in [-0.2, -0.15) is 26.3 Å². The highest BCUT2D eigenvalue weighted by Gasteiger charge is 2.67. The van der Waals surface area contributed by atoms with E-state index in [1.54, 1.807) is 0 Å². The highest BCUT2D eigenvalue weighted by atomic mass is 19.4. The quantitative estimate of drug-likeness (QED) is 0.558. The summed E-state index contributed by atoms with van der Waals surface area (Å²) in [5, 5.41) is 0. The summed E-state index contributed by atoms with van der Waals surface area (Å²) in [4.78, 5) is 0. The van der Waals surface area contributed by atoms with Crippen LogP contribution in [0.1, 0.15) is 0 Å². The van der Waals surface area contributed by atoms with Crippen molar-refractivity contribution in [3.8, 4) is 0 Å². The molecule has 1 nitrogen and oxygen atoms in total. The van der Waals surface area contributed by atoms with Gasteiger partial charge >= 0.3 is 18.1 Å². The maximum absolute atomic E-state index is 12.4. The standard InChI is InChI=1S/C5HF7O/c6-2-1-3(7,5(10,11)12)13-4(2,8)9/h1H. The number of hydrogen-bond donors (Lipinski definition) is 0. The van der Waals surface area contributed by atoms with Gasteiger partial charge in [-0.25, -0.2) is 4.39 Å². The van der Waals surface area contributed by atoms with Crippen LogP contribution >= 0.6 is 0 Å². The highest BCUT2D eigenvalue weighted by Crippen LogP contribution is 2.48. The van der Waals surface area contributed by atoms with Gasteiger partial charge in [-0.3, -0.25) is 4.74 Å². The van der Waals surface area contributed by atoms with Crippen LogP contribution in [0.15, 0.2) is 11.9 Å². The van der Waals surface area contributed by atoms with E-state index in [2.05, 4.69) is 4.74 Å².